The van der Waals surface area contributed by atoms with E-state index in [2.05, 4.69) is 15.2 Å². The van der Waals surface area contributed by atoms with Crippen LogP contribution in [0.3, 0.4) is 0 Å². The molecule has 6 nitrogen and oxygen atoms in total. The standard InChI is InChI=1S/C18H16F3N5O/c19-18(20,21)17(24-25-17)13-6-8-26(9-7-13)11-14-15(10-22)27-16(23-14)12-4-2-1-3-5-12/h1-5,13H,6-9,11H2. The van der Waals surface area contributed by atoms with Crippen molar-refractivity contribution in [2.45, 2.75) is 31.2 Å². The summed E-state index contributed by atoms with van der Waals surface area (Å²) in [5.74, 6) is -0.125. The van der Waals surface area contributed by atoms with Gasteiger partial charge in [-0.25, -0.2) is 4.98 Å². The number of likely N-dealkylation sites (tertiary alicyclic amines) is 1. The van der Waals surface area contributed by atoms with Crippen molar-refractivity contribution >= 4 is 0 Å². The minimum atomic E-state index is -4.43. The van der Waals surface area contributed by atoms with E-state index in [1.807, 2.05) is 41.3 Å². The molecule has 2 aliphatic rings. The fourth-order valence-corrected chi connectivity index (χ4v) is 3.52. The summed E-state index contributed by atoms with van der Waals surface area (Å²) in [4.78, 5) is 6.40. The summed E-state index contributed by atoms with van der Waals surface area (Å²) in [7, 11) is 0. The van der Waals surface area contributed by atoms with Crippen LogP contribution in [0.5, 0.6) is 0 Å². The van der Waals surface area contributed by atoms with Crippen molar-refractivity contribution in [1.29, 1.82) is 5.26 Å². The van der Waals surface area contributed by atoms with Gasteiger partial charge in [-0.05, 0) is 38.1 Å². The van der Waals surface area contributed by atoms with Crippen LogP contribution in [0.25, 0.3) is 11.5 Å². The first-order chi connectivity index (χ1) is 12.9. The van der Waals surface area contributed by atoms with Crippen molar-refractivity contribution in [1.82, 2.24) is 9.88 Å². The van der Waals surface area contributed by atoms with E-state index in [4.69, 9.17) is 4.42 Å². The Hall–Kier alpha value is -2.73. The second-order valence-corrected chi connectivity index (χ2v) is 6.75. The Kier molecular flexibility index (Phi) is 4.23. The van der Waals surface area contributed by atoms with Gasteiger partial charge in [0.05, 0.1) is 0 Å². The van der Waals surface area contributed by atoms with Crippen molar-refractivity contribution in [3.05, 3.63) is 41.8 Å². The molecule has 1 fully saturated rings. The molecule has 0 atom stereocenters. The molecule has 3 heterocycles. The molecular weight excluding hydrogens is 359 g/mol. The van der Waals surface area contributed by atoms with Gasteiger partial charge >= 0.3 is 6.18 Å². The number of oxazole rings is 1. The number of rotatable bonds is 4. The zero-order valence-electron chi connectivity index (χ0n) is 14.3. The molecule has 0 aliphatic carbocycles. The molecule has 1 aromatic carbocycles. The third-order valence-electron chi connectivity index (χ3n) is 5.08. The number of aromatic nitrogens is 1. The number of alkyl halides is 3. The molecule has 27 heavy (non-hydrogen) atoms. The maximum atomic E-state index is 13.1. The lowest BCUT2D eigenvalue weighted by molar-refractivity contribution is -0.180. The van der Waals surface area contributed by atoms with Crippen LogP contribution in [0.2, 0.25) is 0 Å². The van der Waals surface area contributed by atoms with Gasteiger partial charge in [0.2, 0.25) is 11.7 Å². The molecule has 0 unspecified atom stereocenters. The Morgan fingerprint density at radius 1 is 1.19 bits per heavy atom. The number of hydrogen-bond acceptors (Lipinski definition) is 6. The number of hydrogen-bond donors (Lipinski definition) is 0. The smallest absolute Gasteiger partial charge is 0.425 e. The summed E-state index contributed by atoms with van der Waals surface area (Å²) in [5, 5.41) is 15.9. The fraction of sp³-hybridized carbons (Fsp3) is 0.444. The minimum absolute atomic E-state index is 0.134. The van der Waals surface area contributed by atoms with Gasteiger partial charge in [-0.3, -0.25) is 4.90 Å². The highest BCUT2D eigenvalue weighted by Gasteiger charge is 2.67. The molecule has 0 saturated carbocycles. The average molecular weight is 375 g/mol. The summed E-state index contributed by atoms with van der Waals surface area (Å²) >= 11 is 0. The van der Waals surface area contributed by atoms with Gasteiger partial charge in [0, 0.05) is 18.0 Å². The van der Waals surface area contributed by atoms with Crippen molar-refractivity contribution in [3.63, 3.8) is 0 Å². The average Bonchev–Trinajstić information content (AvgIpc) is 3.39. The van der Waals surface area contributed by atoms with Gasteiger partial charge in [0.15, 0.2) is 0 Å². The molecule has 0 radical (unpaired) electrons. The molecule has 0 amide bonds. The van der Waals surface area contributed by atoms with E-state index in [-0.39, 0.29) is 5.76 Å². The maximum absolute atomic E-state index is 13.1. The molecule has 1 aromatic heterocycles. The third-order valence-corrected chi connectivity index (χ3v) is 5.08. The lowest BCUT2D eigenvalue weighted by atomic mass is 9.86. The summed E-state index contributed by atoms with van der Waals surface area (Å²) in [6, 6.07) is 11.2. The number of nitriles is 1. The number of piperidine rings is 1. The Labute approximate surface area is 153 Å². The second kappa shape index (κ2) is 6.46. The van der Waals surface area contributed by atoms with Gasteiger partial charge in [0.25, 0.3) is 5.66 Å². The number of nitrogens with zero attached hydrogens (tertiary/aromatic N) is 5. The van der Waals surface area contributed by atoms with Crippen molar-refractivity contribution in [2.24, 2.45) is 16.1 Å². The summed E-state index contributed by atoms with van der Waals surface area (Å²) in [5.41, 5.74) is -0.921. The van der Waals surface area contributed by atoms with Gasteiger partial charge in [-0.15, -0.1) is 10.2 Å². The summed E-state index contributed by atoms with van der Waals surface area (Å²) in [6.45, 7) is 1.29. The molecule has 0 N–H and O–H groups in total. The molecule has 9 heteroatoms. The molecule has 1 saturated heterocycles. The highest BCUT2D eigenvalue weighted by atomic mass is 19.4. The van der Waals surface area contributed by atoms with Crippen LogP contribution in [0.4, 0.5) is 13.2 Å². The Morgan fingerprint density at radius 2 is 1.85 bits per heavy atom. The van der Waals surface area contributed by atoms with E-state index >= 15 is 0 Å². The Morgan fingerprint density at radius 3 is 2.41 bits per heavy atom. The van der Waals surface area contributed by atoms with Crippen LogP contribution in [0, 0.1) is 17.2 Å². The van der Waals surface area contributed by atoms with Crippen LogP contribution in [-0.2, 0) is 6.54 Å². The van der Waals surface area contributed by atoms with Gasteiger partial charge in [-0.2, -0.15) is 18.4 Å². The zero-order chi connectivity index (χ0) is 19.1. The lowest BCUT2D eigenvalue weighted by Crippen LogP contribution is -2.45. The summed E-state index contributed by atoms with van der Waals surface area (Å²) < 4.78 is 44.9. The van der Waals surface area contributed by atoms with Gasteiger partial charge in [0.1, 0.15) is 11.8 Å². The normalized spacial score (nSPS) is 19.8. The monoisotopic (exact) mass is 375 g/mol. The zero-order valence-corrected chi connectivity index (χ0v) is 14.3. The maximum Gasteiger partial charge on any atom is 0.437 e. The van der Waals surface area contributed by atoms with E-state index < -0.39 is 17.8 Å². The Bertz CT molecular complexity index is 886. The topological polar surface area (TPSA) is 77.8 Å². The highest BCUT2D eigenvalue weighted by molar-refractivity contribution is 5.54. The third kappa shape index (κ3) is 3.21. The summed E-state index contributed by atoms with van der Waals surface area (Å²) in [6.07, 6.45) is -3.74. The van der Waals surface area contributed by atoms with Crippen molar-refractivity contribution in [3.8, 4) is 17.5 Å². The largest absolute Gasteiger partial charge is 0.437 e. The molecule has 2 aromatic rings. The van der Waals surface area contributed by atoms with E-state index in [1.165, 1.54) is 0 Å². The first-order valence-electron chi connectivity index (χ1n) is 8.61. The van der Waals surface area contributed by atoms with E-state index in [9.17, 15) is 18.4 Å². The van der Waals surface area contributed by atoms with Gasteiger partial charge in [-0.1, -0.05) is 18.2 Å². The van der Waals surface area contributed by atoms with Crippen LogP contribution in [0.15, 0.2) is 45.0 Å². The van der Waals surface area contributed by atoms with Crippen molar-refractivity contribution in [2.75, 3.05) is 13.1 Å². The molecular formula is C18H16F3N5O. The Balaban J connectivity index is 1.43. The molecule has 4 rings (SSSR count). The predicted molar refractivity (Wildman–Crippen MR) is 88.3 cm³/mol. The predicted octanol–water partition coefficient (Wildman–Crippen LogP) is 4.15. The number of halogens is 3. The molecule has 0 bridgehead atoms. The molecule has 2 aliphatic heterocycles. The van der Waals surface area contributed by atoms with E-state index in [0.717, 1.165) is 5.56 Å². The quantitative estimate of drug-likeness (QED) is 0.804. The first kappa shape index (κ1) is 17.7. The second-order valence-electron chi connectivity index (χ2n) is 6.75. The van der Waals surface area contributed by atoms with Crippen molar-refractivity contribution < 1.29 is 17.6 Å². The minimum Gasteiger partial charge on any atom is -0.425 e. The molecule has 140 valence electrons. The van der Waals surface area contributed by atoms with E-state index in [1.54, 1.807) is 0 Å². The van der Waals surface area contributed by atoms with E-state index in [0.29, 0.717) is 44.1 Å². The van der Waals surface area contributed by atoms with Crippen LogP contribution in [-0.4, -0.2) is 34.8 Å². The van der Waals surface area contributed by atoms with Crippen LogP contribution in [0.1, 0.15) is 24.3 Å². The van der Waals surface area contributed by atoms with Gasteiger partial charge < -0.3 is 4.42 Å². The van der Waals surface area contributed by atoms with Crippen LogP contribution < -0.4 is 0 Å². The fourth-order valence-electron chi connectivity index (χ4n) is 3.52. The number of benzene rings is 1. The van der Waals surface area contributed by atoms with Crippen LogP contribution >= 0.6 is 0 Å². The lowest BCUT2D eigenvalue weighted by Gasteiger charge is -2.34. The SMILES string of the molecule is N#Cc1oc(-c2ccccc2)nc1CN1CCC(C2(C(F)(F)F)N=N2)CC1. The molecule has 0 spiro atoms. The highest BCUT2D eigenvalue weighted by Crippen LogP contribution is 2.52. The first-order valence-corrected chi connectivity index (χ1v) is 8.61.